The van der Waals surface area contributed by atoms with Gasteiger partial charge in [0.15, 0.2) is 0 Å². The van der Waals surface area contributed by atoms with E-state index in [9.17, 15) is 9.18 Å². The summed E-state index contributed by atoms with van der Waals surface area (Å²) in [5.74, 6) is -0.450. The molecule has 5 heteroatoms. The van der Waals surface area contributed by atoms with Gasteiger partial charge in [-0.05, 0) is 66.8 Å². The molecule has 2 saturated heterocycles. The summed E-state index contributed by atoms with van der Waals surface area (Å²) in [7, 11) is 0. The van der Waals surface area contributed by atoms with Crippen LogP contribution in [0.15, 0.2) is 22.7 Å². The van der Waals surface area contributed by atoms with Gasteiger partial charge < -0.3 is 9.80 Å². The van der Waals surface area contributed by atoms with Crippen LogP contribution in [0.5, 0.6) is 0 Å². The summed E-state index contributed by atoms with van der Waals surface area (Å²) < 4.78 is 13.8. The summed E-state index contributed by atoms with van der Waals surface area (Å²) >= 11 is 3.18. The highest BCUT2D eigenvalue weighted by atomic mass is 79.9. The third kappa shape index (κ3) is 3.14. The molecule has 1 aromatic rings. The highest BCUT2D eigenvalue weighted by Crippen LogP contribution is 2.25. The fourth-order valence-corrected chi connectivity index (χ4v) is 3.81. The molecule has 0 atom stereocenters. The van der Waals surface area contributed by atoms with Crippen molar-refractivity contribution >= 4 is 21.8 Å². The van der Waals surface area contributed by atoms with Gasteiger partial charge in [-0.1, -0.05) is 6.07 Å². The van der Waals surface area contributed by atoms with Gasteiger partial charge in [0.1, 0.15) is 5.82 Å². The smallest absolute Gasteiger partial charge is 0.255 e. The number of nitrogens with zero attached hydrogens (tertiary/aromatic N) is 2. The van der Waals surface area contributed by atoms with E-state index in [1.807, 2.05) is 4.90 Å². The van der Waals surface area contributed by atoms with Crippen molar-refractivity contribution in [2.24, 2.45) is 0 Å². The second-order valence-corrected chi connectivity index (χ2v) is 6.66. The highest BCUT2D eigenvalue weighted by Gasteiger charge is 2.29. The van der Waals surface area contributed by atoms with E-state index in [2.05, 4.69) is 20.8 Å². The van der Waals surface area contributed by atoms with E-state index in [4.69, 9.17) is 0 Å². The van der Waals surface area contributed by atoms with Crippen molar-refractivity contribution in [3.05, 3.63) is 34.1 Å². The van der Waals surface area contributed by atoms with Gasteiger partial charge in [-0.15, -0.1) is 0 Å². The molecule has 3 nitrogen and oxygen atoms in total. The number of amides is 1. The molecule has 114 valence electrons. The maximum absolute atomic E-state index is 13.5. The first-order valence-corrected chi connectivity index (χ1v) is 8.43. The van der Waals surface area contributed by atoms with Crippen LogP contribution in [-0.2, 0) is 0 Å². The molecule has 0 N–H and O–H groups in total. The van der Waals surface area contributed by atoms with Crippen LogP contribution in [-0.4, -0.2) is 47.9 Å². The molecule has 0 aliphatic carbocycles. The van der Waals surface area contributed by atoms with Gasteiger partial charge in [-0.3, -0.25) is 4.79 Å². The molecule has 2 heterocycles. The maximum atomic E-state index is 13.5. The summed E-state index contributed by atoms with van der Waals surface area (Å²) in [6.45, 7) is 3.94. The van der Waals surface area contributed by atoms with Crippen LogP contribution in [0, 0.1) is 5.82 Å². The first kappa shape index (κ1) is 15.0. The highest BCUT2D eigenvalue weighted by molar-refractivity contribution is 9.10. The molecule has 2 aliphatic heterocycles. The predicted octanol–water partition coefficient (Wildman–Crippen LogP) is 3.29. The van der Waals surface area contributed by atoms with Crippen molar-refractivity contribution in [1.82, 2.24) is 9.80 Å². The third-order valence-corrected chi connectivity index (χ3v) is 5.40. The third-order valence-electron chi connectivity index (χ3n) is 4.59. The molecule has 0 aromatic heterocycles. The molecule has 2 fully saturated rings. The van der Waals surface area contributed by atoms with E-state index in [0.717, 1.165) is 25.9 Å². The topological polar surface area (TPSA) is 23.6 Å². The number of likely N-dealkylation sites (tertiary alicyclic amines) is 2. The number of hydrogen-bond acceptors (Lipinski definition) is 2. The van der Waals surface area contributed by atoms with E-state index in [0.29, 0.717) is 11.6 Å². The molecule has 2 aliphatic rings. The first-order chi connectivity index (χ1) is 10.2. The Kier molecular flexibility index (Phi) is 4.60. The van der Waals surface area contributed by atoms with Gasteiger partial charge in [0.05, 0.1) is 10.0 Å². The molecule has 1 amide bonds. The lowest BCUT2D eigenvalue weighted by Gasteiger charge is -2.36. The molecular formula is C16H20BrFN2O. The zero-order valence-corrected chi connectivity index (χ0v) is 13.6. The Bertz CT molecular complexity index is 523. The summed E-state index contributed by atoms with van der Waals surface area (Å²) in [5, 5.41) is 0. The van der Waals surface area contributed by atoms with E-state index in [-0.39, 0.29) is 16.2 Å². The van der Waals surface area contributed by atoms with Gasteiger partial charge in [-0.25, -0.2) is 4.39 Å². The summed E-state index contributed by atoms with van der Waals surface area (Å²) in [6.07, 6.45) is 4.65. The summed E-state index contributed by atoms with van der Waals surface area (Å²) in [5.41, 5.74) is 0.426. The molecule has 0 spiro atoms. The second-order valence-electron chi connectivity index (χ2n) is 5.87. The number of hydrogen-bond donors (Lipinski definition) is 0. The van der Waals surface area contributed by atoms with Crippen molar-refractivity contribution in [1.29, 1.82) is 0 Å². The van der Waals surface area contributed by atoms with E-state index in [1.165, 1.54) is 32.0 Å². The van der Waals surface area contributed by atoms with Crippen molar-refractivity contribution < 1.29 is 9.18 Å². The average molecular weight is 355 g/mol. The van der Waals surface area contributed by atoms with Crippen LogP contribution in [0.4, 0.5) is 4.39 Å². The van der Waals surface area contributed by atoms with E-state index in [1.54, 1.807) is 12.1 Å². The van der Waals surface area contributed by atoms with Gasteiger partial charge >= 0.3 is 0 Å². The predicted molar refractivity (Wildman–Crippen MR) is 83.8 cm³/mol. The zero-order chi connectivity index (χ0) is 14.8. The van der Waals surface area contributed by atoms with Gasteiger partial charge in [0.2, 0.25) is 0 Å². The number of piperidine rings is 1. The van der Waals surface area contributed by atoms with Crippen molar-refractivity contribution in [3.63, 3.8) is 0 Å². The Labute approximate surface area is 133 Å². The number of carbonyl (C=O) groups excluding carboxylic acids is 1. The lowest BCUT2D eigenvalue weighted by atomic mass is 10.0. The lowest BCUT2D eigenvalue weighted by molar-refractivity contribution is 0.0643. The standard InChI is InChI=1S/C16H20BrFN2O/c17-15-13(4-3-5-14(15)18)16(21)20-10-6-12(7-11-20)19-8-1-2-9-19/h3-5,12H,1-2,6-11H2. The Balaban J connectivity index is 1.63. The quantitative estimate of drug-likeness (QED) is 0.813. The van der Waals surface area contributed by atoms with E-state index >= 15 is 0 Å². The maximum Gasteiger partial charge on any atom is 0.255 e. The SMILES string of the molecule is O=C(c1cccc(F)c1Br)N1CCC(N2CCCC2)CC1. The van der Waals surface area contributed by atoms with Crippen LogP contribution in [0.1, 0.15) is 36.0 Å². The number of halogens is 2. The number of carbonyl (C=O) groups is 1. The Morgan fingerprint density at radius 2 is 1.81 bits per heavy atom. The van der Waals surface area contributed by atoms with Crippen molar-refractivity contribution in [3.8, 4) is 0 Å². The molecule has 0 radical (unpaired) electrons. The van der Waals surface area contributed by atoms with Gasteiger partial charge in [0, 0.05) is 19.1 Å². The average Bonchev–Trinajstić information content (AvgIpc) is 3.04. The number of rotatable bonds is 2. The minimum absolute atomic E-state index is 0.0683. The summed E-state index contributed by atoms with van der Waals surface area (Å²) in [4.78, 5) is 16.9. The van der Waals surface area contributed by atoms with Crippen molar-refractivity contribution in [2.45, 2.75) is 31.7 Å². The zero-order valence-electron chi connectivity index (χ0n) is 12.0. The van der Waals surface area contributed by atoms with E-state index < -0.39 is 0 Å². The van der Waals surface area contributed by atoms with Crippen LogP contribution >= 0.6 is 15.9 Å². The molecular weight excluding hydrogens is 335 g/mol. The molecule has 3 rings (SSSR count). The fourth-order valence-electron chi connectivity index (χ4n) is 3.38. The minimum atomic E-state index is -0.382. The molecule has 0 unspecified atom stereocenters. The molecule has 1 aromatic carbocycles. The fraction of sp³-hybridized carbons (Fsp3) is 0.562. The molecule has 21 heavy (non-hydrogen) atoms. The Morgan fingerprint density at radius 3 is 2.48 bits per heavy atom. The monoisotopic (exact) mass is 354 g/mol. The summed E-state index contributed by atoms with van der Waals surface area (Å²) in [6, 6.07) is 5.25. The Morgan fingerprint density at radius 1 is 1.14 bits per heavy atom. The lowest BCUT2D eigenvalue weighted by Crippen LogP contribution is -2.46. The van der Waals surface area contributed by atoms with Crippen LogP contribution in [0.2, 0.25) is 0 Å². The van der Waals surface area contributed by atoms with Crippen LogP contribution < -0.4 is 0 Å². The van der Waals surface area contributed by atoms with Gasteiger partial charge in [0.25, 0.3) is 5.91 Å². The van der Waals surface area contributed by atoms with Gasteiger partial charge in [-0.2, -0.15) is 0 Å². The Hall–Kier alpha value is -0.940. The first-order valence-electron chi connectivity index (χ1n) is 7.64. The molecule has 0 saturated carbocycles. The number of benzene rings is 1. The normalized spacial score (nSPS) is 21.0. The van der Waals surface area contributed by atoms with Crippen LogP contribution in [0.25, 0.3) is 0 Å². The van der Waals surface area contributed by atoms with Crippen molar-refractivity contribution in [2.75, 3.05) is 26.2 Å². The molecule has 0 bridgehead atoms. The minimum Gasteiger partial charge on any atom is -0.338 e. The second kappa shape index (κ2) is 6.44. The van der Waals surface area contributed by atoms with Crippen LogP contribution in [0.3, 0.4) is 0 Å². The largest absolute Gasteiger partial charge is 0.338 e.